The van der Waals surface area contributed by atoms with E-state index in [2.05, 4.69) is 10.3 Å². The molecule has 2 rings (SSSR count). The molecule has 1 saturated heterocycles. The normalized spacial score (nSPS) is 18.4. The zero-order valence-corrected chi connectivity index (χ0v) is 15.2. The largest absolute Gasteiger partial charge is 0.445 e. The first kappa shape index (κ1) is 18.5. The quantitative estimate of drug-likeness (QED) is 0.609. The van der Waals surface area contributed by atoms with E-state index in [0.29, 0.717) is 18.8 Å². The van der Waals surface area contributed by atoms with E-state index in [0.717, 1.165) is 12.8 Å². The van der Waals surface area contributed by atoms with Gasteiger partial charge in [-0.1, -0.05) is 16.8 Å². The van der Waals surface area contributed by atoms with Gasteiger partial charge in [-0.2, -0.15) is 0 Å². The summed E-state index contributed by atoms with van der Waals surface area (Å²) < 4.78 is 11.8. The standard InChI is InChI=1S/C15H23ClN4O4/c1-10-12(13(21)23-9-16)17-18-20(10)11-6-5-7-19(8-11)14(22)24-15(2,3)4/h11H,5-9H2,1-4H3. The second-order valence-electron chi connectivity index (χ2n) is 6.73. The van der Waals surface area contributed by atoms with Crippen molar-refractivity contribution in [3.05, 3.63) is 11.4 Å². The molecule has 0 aromatic carbocycles. The number of alkyl halides is 1. The molecule has 9 heteroatoms. The van der Waals surface area contributed by atoms with Crippen LogP contribution >= 0.6 is 11.6 Å². The van der Waals surface area contributed by atoms with Crippen LogP contribution in [0.25, 0.3) is 0 Å². The van der Waals surface area contributed by atoms with Crippen molar-refractivity contribution in [3.63, 3.8) is 0 Å². The Balaban J connectivity index is 2.10. The summed E-state index contributed by atoms with van der Waals surface area (Å²) in [5, 5.41) is 7.94. The number of piperidine rings is 1. The fourth-order valence-electron chi connectivity index (χ4n) is 2.64. The minimum atomic E-state index is -0.603. The van der Waals surface area contributed by atoms with Gasteiger partial charge in [0.1, 0.15) is 5.60 Å². The number of ether oxygens (including phenoxy) is 2. The van der Waals surface area contributed by atoms with Gasteiger partial charge in [0.25, 0.3) is 0 Å². The molecule has 1 aliphatic heterocycles. The lowest BCUT2D eigenvalue weighted by Gasteiger charge is -2.34. The van der Waals surface area contributed by atoms with Crippen molar-refractivity contribution in [1.29, 1.82) is 0 Å². The number of rotatable bonds is 3. The van der Waals surface area contributed by atoms with Crippen LogP contribution in [0.4, 0.5) is 4.79 Å². The number of nitrogens with zero attached hydrogens (tertiary/aromatic N) is 4. The molecule has 8 nitrogen and oxygen atoms in total. The van der Waals surface area contributed by atoms with Gasteiger partial charge >= 0.3 is 12.1 Å². The van der Waals surface area contributed by atoms with Gasteiger partial charge in [0.2, 0.25) is 0 Å². The third-order valence-corrected chi connectivity index (χ3v) is 3.81. The van der Waals surface area contributed by atoms with Gasteiger partial charge in [0.05, 0.1) is 11.7 Å². The Labute approximate surface area is 146 Å². The summed E-state index contributed by atoms with van der Waals surface area (Å²) in [5.41, 5.74) is 0.206. The van der Waals surface area contributed by atoms with Crippen molar-refractivity contribution in [1.82, 2.24) is 19.9 Å². The molecule has 1 aliphatic rings. The van der Waals surface area contributed by atoms with Crippen molar-refractivity contribution < 1.29 is 19.1 Å². The van der Waals surface area contributed by atoms with Crippen molar-refractivity contribution in [2.75, 3.05) is 19.2 Å². The van der Waals surface area contributed by atoms with Crippen LogP contribution in [0, 0.1) is 6.92 Å². The second kappa shape index (κ2) is 7.38. The highest BCUT2D eigenvalue weighted by atomic mass is 35.5. The summed E-state index contributed by atoms with van der Waals surface area (Å²) in [6.07, 6.45) is 1.32. The van der Waals surface area contributed by atoms with Crippen LogP contribution in [-0.2, 0) is 9.47 Å². The summed E-state index contributed by atoms with van der Waals surface area (Å²) in [4.78, 5) is 25.7. The third-order valence-electron chi connectivity index (χ3n) is 3.70. The van der Waals surface area contributed by atoms with E-state index in [4.69, 9.17) is 21.1 Å². The number of carbonyl (C=O) groups is 2. The smallest absolute Gasteiger partial charge is 0.410 e. The molecule has 1 fully saturated rings. The molecule has 1 unspecified atom stereocenters. The second-order valence-corrected chi connectivity index (χ2v) is 6.95. The van der Waals surface area contributed by atoms with Gasteiger partial charge in [-0.15, -0.1) is 5.10 Å². The number of amides is 1. The fourth-order valence-corrected chi connectivity index (χ4v) is 2.74. The Morgan fingerprint density at radius 3 is 2.71 bits per heavy atom. The van der Waals surface area contributed by atoms with Crippen molar-refractivity contribution >= 4 is 23.7 Å². The molecular formula is C15H23ClN4O4. The molecule has 2 heterocycles. The molecular weight excluding hydrogens is 336 g/mol. The molecule has 1 amide bonds. The van der Waals surface area contributed by atoms with Crippen LogP contribution in [0.15, 0.2) is 0 Å². The maximum absolute atomic E-state index is 12.2. The van der Waals surface area contributed by atoms with Crippen molar-refractivity contribution in [2.45, 2.75) is 52.2 Å². The Bertz CT molecular complexity index is 611. The lowest BCUT2D eigenvalue weighted by atomic mass is 10.1. The number of hydrogen-bond donors (Lipinski definition) is 0. The summed E-state index contributed by atoms with van der Waals surface area (Å²) >= 11 is 5.40. The molecule has 134 valence electrons. The van der Waals surface area contributed by atoms with Crippen LogP contribution in [-0.4, -0.2) is 56.7 Å². The summed E-state index contributed by atoms with van der Waals surface area (Å²) in [7, 11) is 0. The van der Waals surface area contributed by atoms with Gasteiger partial charge in [-0.25, -0.2) is 14.3 Å². The van der Waals surface area contributed by atoms with Crippen LogP contribution < -0.4 is 0 Å². The Morgan fingerprint density at radius 2 is 2.08 bits per heavy atom. The maximum Gasteiger partial charge on any atom is 0.410 e. The summed E-state index contributed by atoms with van der Waals surface area (Å²) in [5.74, 6) is -0.603. The molecule has 1 aromatic rings. The fraction of sp³-hybridized carbons (Fsp3) is 0.733. The first-order valence-corrected chi connectivity index (χ1v) is 8.39. The minimum Gasteiger partial charge on any atom is -0.445 e. The molecule has 0 spiro atoms. The predicted molar refractivity (Wildman–Crippen MR) is 87.0 cm³/mol. The Hall–Kier alpha value is -1.83. The minimum absolute atomic E-state index is 0.0590. The zero-order valence-electron chi connectivity index (χ0n) is 14.4. The molecule has 1 atom stereocenters. The number of halogens is 1. The van der Waals surface area contributed by atoms with Crippen LogP contribution in [0.1, 0.15) is 55.8 Å². The molecule has 0 saturated carbocycles. The number of aromatic nitrogens is 3. The summed E-state index contributed by atoms with van der Waals surface area (Å²) in [6.45, 7) is 8.36. The van der Waals surface area contributed by atoms with E-state index in [-0.39, 0.29) is 23.9 Å². The van der Waals surface area contributed by atoms with Crippen molar-refractivity contribution in [2.24, 2.45) is 0 Å². The lowest BCUT2D eigenvalue weighted by molar-refractivity contribution is 0.0165. The number of likely N-dealkylation sites (tertiary alicyclic amines) is 1. The zero-order chi connectivity index (χ0) is 17.9. The maximum atomic E-state index is 12.2. The molecule has 24 heavy (non-hydrogen) atoms. The van der Waals surface area contributed by atoms with E-state index in [1.807, 2.05) is 20.8 Å². The average Bonchev–Trinajstić information content (AvgIpc) is 2.87. The van der Waals surface area contributed by atoms with Gasteiger partial charge in [-0.3, -0.25) is 0 Å². The Kier molecular flexibility index (Phi) is 5.69. The lowest BCUT2D eigenvalue weighted by Crippen LogP contribution is -2.43. The monoisotopic (exact) mass is 358 g/mol. The highest BCUT2D eigenvalue weighted by Gasteiger charge is 2.30. The van der Waals surface area contributed by atoms with Gasteiger partial charge in [-0.05, 0) is 40.5 Å². The van der Waals surface area contributed by atoms with Gasteiger partial charge in [0.15, 0.2) is 11.8 Å². The molecule has 0 aliphatic carbocycles. The van der Waals surface area contributed by atoms with Gasteiger partial charge in [0, 0.05) is 13.1 Å². The van der Waals surface area contributed by atoms with Crippen LogP contribution in [0.2, 0.25) is 0 Å². The number of carbonyl (C=O) groups excluding carboxylic acids is 2. The Morgan fingerprint density at radius 1 is 1.38 bits per heavy atom. The van der Waals surface area contributed by atoms with Gasteiger partial charge < -0.3 is 14.4 Å². The molecule has 0 N–H and O–H groups in total. The molecule has 0 bridgehead atoms. The SMILES string of the molecule is Cc1c(C(=O)OCCl)nnn1C1CCCN(C(=O)OC(C)(C)C)C1. The number of hydrogen-bond acceptors (Lipinski definition) is 6. The van der Waals surface area contributed by atoms with E-state index in [1.165, 1.54) is 0 Å². The molecule has 1 aromatic heterocycles. The highest BCUT2D eigenvalue weighted by molar-refractivity contribution is 6.17. The van der Waals surface area contributed by atoms with E-state index >= 15 is 0 Å². The topological polar surface area (TPSA) is 86.5 Å². The van der Waals surface area contributed by atoms with E-state index < -0.39 is 11.6 Å². The van der Waals surface area contributed by atoms with Crippen LogP contribution in [0.3, 0.4) is 0 Å². The van der Waals surface area contributed by atoms with E-state index in [1.54, 1.807) is 16.5 Å². The summed E-state index contributed by atoms with van der Waals surface area (Å²) in [6, 6.07) is -0.294. The third kappa shape index (κ3) is 4.37. The average molecular weight is 359 g/mol. The molecule has 0 radical (unpaired) electrons. The van der Waals surface area contributed by atoms with Crippen LogP contribution in [0.5, 0.6) is 0 Å². The first-order chi connectivity index (χ1) is 11.2. The number of esters is 1. The predicted octanol–water partition coefficient (Wildman–Crippen LogP) is 2.51. The van der Waals surface area contributed by atoms with E-state index in [9.17, 15) is 9.59 Å². The van der Waals surface area contributed by atoms with Crippen molar-refractivity contribution in [3.8, 4) is 0 Å². The first-order valence-electron chi connectivity index (χ1n) is 7.85. The highest BCUT2D eigenvalue weighted by Crippen LogP contribution is 2.24.